The maximum Gasteiger partial charge on any atom is 0.231 e. The minimum absolute atomic E-state index is 0.403. The van der Waals surface area contributed by atoms with Crippen molar-refractivity contribution in [3.8, 4) is 0 Å². The van der Waals surface area contributed by atoms with Crippen LogP contribution >= 0.6 is 0 Å². The fourth-order valence-electron chi connectivity index (χ4n) is 2.73. The number of aromatic nitrogens is 2. The third-order valence-electron chi connectivity index (χ3n) is 3.99. The molecule has 2 aromatic rings. The molecule has 0 aliphatic carbocycles. The molecule has 1 aliphatic heterocycles. The summed E-state index contributed by atoms with van der Waals surface area (Å²) in [5, 5.41) is 7.55. The van der Waals surface area contributed by atoms with Crippen molar-refractivity contribution in [3.05, 3.63) is 46.6 Å². The number of nitrogens with one attached hydrogen (secondary N) is 1. The standard InChI is InChI=1S/C16H21N3O/c1-11-5-6-12(2)14(8-11)9-15-18-16(19-20-15)13-4-3-7-17-10-13/h5-6,8,13,17H,3-4,7,9-10H2,1-2H3. The zero-order chi connectivity index (χ0) is 13.9. The first-order valence-corrected chi connectivity index (χ1v) is 7.31. The predicted octanol–water partition coefficient (Wildman–Crippen LogP) is 2.74. The molecule has 2 heterocycles. The zero-order valence-corrected chi connectivity index (χ0v) is 12.1. The van der Waals surface area contributed by atoms with E-state index in [1.807, 2.05) is 0 Å². The molecule has 0 amide bonds. The number of hydrogen-bond donors (Lipinski definition) is 1. The highest BCUT2D eigenvalue weighted by atomic mass is 16.5. The van der Waals surface area contributed by atoms with Crippen molar-refractivity contribution in [2.45, 2.75) is 39.0 Å². The third-order valence-corrected chi connectivity index (χ3v) is 3.99. The first-order valence-electron chi connectivity index (χ1n) is 7.31. The smallest absolute Gasteiger partial charge is 0.231 e. The van der Waals surface area contributed by atoms with Crippen molar-refractivity contribution < 1.29 is 4.52 Å². The van der Waals surface area contributed by atoms with E-state index in [0.717, 1.165) is 37.6 Å². The van der Waals surface area contributed by atoms with Gasteiger partial charge in [0.2, 0.25) is 5.89 Å². The van der Waals surface area contributed by atoms with Crippen LogP contribution in [-0.4, -0.2) is 23.2 Å². The highest BCUT2D eigenvalue weighted by Crippen LogP contribution is 2.21. The van der Waals surface area contributed by atoms with Crippen molar-refractivity contribution >= 4 is 0 Å². The monoisotopic (exact) mass is 271 g/mol. The van der Waals surface area contributed by atoms with Gasteiger partial charge in [0.1, 0.15) is 0 Å². The summed E-state index contributed by atoms with van der Waals surface area (Å²) in [7, 11) is 0. The van der Waals surface area contributed by atoms with E-state index in [1.54, 1.807) is 0 Å². The van der Waals surface area contributed by atoms with E-state index in [9.17, 15) is 0 Å². The molecule has 0 bridgehead atoms. The number of piperidine rings is 1. The summed E-state index contributed by atoms with van der Waals surface area (Å²) in [5.41, 5.74) is 3.80. The zero-order valence-electron chi connectivity index (χ0n) is 12.1. The van der Waals surface area contributed by atoms with Gasteiger partial charge in [-0.05, 0) is 44.4 Å². The Balaban J connectivity index is 1.75. The van der Waals surface area contributed by atoms with Crippen LogP contribution in [0, 0.1) is 13.8 Å². The van der Waals surface area contributed by atoms with Gasteiger partial charge in [-0.25, -0.2) is 0 Å². The number of hydrogen-bond acceptors (Lipinski definition) is 4. The highest BCUT2D eigenvalue weighted by molar-refractivity contribution is 5.32. The summed E-state index contributed by atoms with van der Waals surface area (Å²) in [4.78, 5) is 4.58. The third kappa shape index (κ3) is 2.90. The summed E-state index contributed by atoms with van der Waals surface area (Å²) < 4.78 is 5.43. The van der Waals surface area contributed by atoms with Gasteiger partial charge < -0.3 is 9.84 Å². The van der Waals surface area contributed by atoms with Crippen LogP contribution in [0.3, 0.4) is 0 Å². The molecule has 1 aromatic heterocycles. The van der Waals surface area contributed by atoms with Crippen LogP contribution in [0.5, 0.6) is 0 Å². The molecule has 0 spiro atoms. The summed E-state index contributed by atoms with van der Waals surface area (Å²) in [6.45, 7) is 6.29. The van der Waals surface area contributed by atoms with Gasteiger partial charge in [0, 0.05) is 12.5 Å². The van der Waals surface area contributed by atoms with Crippen LogP contribution < -0.4 is 5.32 Å². The van der Waals surface area contributed by atoms with Gasteiger partial charge in [-0.1, -0.05) is 28.9 Å². The Morgan fingerprint density at radius 3 is 3.05 bits per heavy atom. The molecule has 1 aliphatic rings. The Bertz CT molecular complexity index is 585. The molecule has 0 radical (unpaired) electrons. The van der Waals surface area contributed by atoms with Crippen LogP contribution in [0.1, 0.15) is 47.2 Å². The average molecular weight is 271 g/mol. The molecule has 20 heavy (non-hydrogen) atoms. The maximum absolute atomic E-state index is 5.43. The predicted molar refractivity (Wildman–Crippen MR) is 77.9 cm³/mol. The van der Waals surface area contributed by atoms with Gasteiger partial charge in [0.05, 0.1) is 6.42 Å². The van der Waals surface area contributed by atoms with E-state index in [4.69, 9.17) is 4.52 Å². The minimum atomic E-state index is 0.403. The number of benzene rings is 1. The van der Waals surface area contributed by atoms with E-state index in [0.29, 0.717) is 5.92 Å². The Labute approximate surface area is 119 Å². The second kappa shape index (κ2) is 5.75. The largest absolute Gasteiger partial charge is 0.339 e. The number of aryl methyl sites for hydroxylation is 2. The Morgan fingerprint density at radius 2 is 2.25 bits per heavy atom. The first kappa shape index (κ1) is 13.3. The molecule has 4 nitrogen and oxygen atoms in total. The van der Waals surface area contributed by atoms with Crippen LogP contribution in [-0.2, 0) is 6.42 Å². The lowest BCUT2D eigenvalue weighted by atomic mass is 9.99. The van der Waals surface area contributed by atoms with Gasteiger partial charge in [0.15, 0.2) is 5.82 Å². The number of rotatable bonds is 3. The Hall–Kier alpha value is -1.68. The van der Waals surface area contributed by atoms with Gasteiger partial charge >= 0.3 is 0 Å². The second-order valence-corrected chi connectivity index (χ2v) is 5.70. The van der Waals surface area contributed by atoms with Crippen LogP contribution in [0.25, 0.3) is 0 Å². The second-order valence-electron chi connectivity index (χ2n) is 5.70. The quantitative estimate of drug-likeness (QED) is 0.932. The molecule has 106 valence electrons. The summed E-state index contributed by atoms with van der Waals surface area (Å²) >= 11 is 0. The van der Waals surface area contributed by atoms with E-state index in [-0.39, 0.29) is 0 Å². The molecule has 4 heteroatoms. The lowest BCUT2D eigenvalue weighted by Crippen LogP contribution is -2.28. The van der Waals surface area contributed by atoms with Gasteiger partial charge in [-0.2, -0.15) is 4.98 Å². The van der Waals surface area contributed by atoms with Crippen molar-refractivity contribution in [1.82, 2.24) is 15.5 Å². The Kier molecular flexibility index (Phi) is 3.83. The fourth-order valence-corrected chi connectivity index (χ4v) is 2.73. The van der Waals surface area contributed by atoms with E-state index >= 15 is 0 Å². The van der Waals surface area contributed by atoms with E-state index in [1.165, 1.54) is 23.1 Å². The van der Waals surface area contributed by atoms with E-state index < -0.39 is 0 Å². The van der Waals surface area contributed by atoms with Gasteiger partial charge in [-0.3, -0.25) is 0 Å². The Morgan fingerprint density at radius 1 is 1.35 bits per heavy atom. The molecule has 1 N–H and O–H groups in total. The van der Waals surface area contributed by atoms with Crippen molar-refractivity contribution in [2.24, 2.45) is 0 Å². The number of nitrogens with zero attached hydrogens (tertiary/aromatic N) is 2. The van der Waals surface area contributed by atoms with Crippen LogP contribution in [0.2, 0.25) is 0 Å². The molecule has 1 atom stereocenters. The van der Waals surface area contributed by atoms with Crippen LogP contribution in [0.4, 0.5) is 0 Å². The van der Waals surface area contributed by atoms with Gasteiger partial charge in [-0.15, -0.1) is 0 Å². The molecule has 1 aromatic carbocycles. The van der Waals surface area contributed by atoms with Crippen molar-refractivity contribution in [1.29, 1.82) is 0 Å². The minimum Gasteiger partial charge on any atom is -0.339 e. The fraction of sp³-hybridized carbons (Fsp3) is 0.500. The molecule has 1 unspecified atom stereocenters. The summed E-state index contributed by atoms with van der Waals surface area (Å²) in [6, 6.07) is 6.47. The first-order chi connectivity index (χ1) is 9.72. The van der Waals surface area contributed by atoms with E-state index in [2.05, 4.69) is 47.5 Å². The molecule has 0 saturated carbocycles. The lowest BCUT2D eigenvalue weighted by molar-refractivity contribution is 0.365. The molecular formula is C16H21N3O. The highest BCUT2D eigenvalue weighted by Gasteiger charge is 2.20. The summed E-state index contributed by atoms with van der Waals surface area (Å²) in [5.74, 6) is 1.98. The SMILES string of the molecule is Cc1ccc(C)c(Cc2nc(C3CCCNC3)no2)c1. The average Bonchev–Trinajstić information content (AvgIpc) is 2.92. The molecule has 1 saturated heterocycles. The normalized spacial score (nSPS) is 19.2. The van der Waals surface area contributed by atoms with Crippen molar-refractivity contribution in [3.63, 3.8) is 0 Å². The van der Waals surface area contributed by atoms with Gasteiger partial charge in [0.25, 0.3) is 0 Å². The molecular weight excluding hydrogens is 250 g/mol. The topological polar surface area (TPSA) is 51.0 Å². The van der Waals surface area contributed by atoms with Crippen LogP contribution in [0.15, 0.2) is 22.7 Å². The molecule has 3 rings (SSSR count). The lowest BCUT2D eigenvalue weighted by Gasteiger charge is -2.19. The van der Waals surface area contributed by atoms with Crippen molar-refractivity contribution in [2.75, 3.05) is 13.1 Å². The molecule has 1 fully saturated rings. The summed E-state index contributed by atoms with van der Waals surface area (Å²) in [6.07, 6.45) is 3.06. The maximum atomic E-state index is 5.43.